The normalized spacial score (nSPS) is 11.7. The highest BCUT2D eigenvalue weighted by atomic mass is 15.0. The quantitative estimate of drug-likeness (QED) is 0.252. The van der Waals surface area contributed by atoms with Crippen LogP contribution in [0.2, 0.25) is 0 Å². The number of fused-ring (bicyclic) bond motifs is 6. The Bertz CT molecular complexity index is 1960. The van der Waals surface area contributed by atoms with Gasteiger partial charge in [0.1, 0.15) is 0 Å². The van der Waals surface area contributed by atoms with Gasteiger partial charge in [-0.3, -0.25) is 9.97 Å². The van der Waals surface area contributed by atoms with Gasteiger partial charge in [-0.1, -0.05) is 54.6 Å². The average molecular weight is 487 g/mol. The lowest BCUT2D eigenvalue weighted by atomic mass is 10.0. The van der Waals surface area contributed by atoms with Gasteiger partial charge in [-0.25, -0.2) is 0 Å². The third kappa shape index (κ3) is 3.04. The molecule has 0 spiro atoms. The van der Waals surface area contributed by atoms with Crippen molar-refractivity contribution in [3.05, 3.63) is 134 Å². The number of hydrogen-bond acceptors (Lipinski definition) is 2. The molecule has 8 aromatic rings. The monoisotopic (exact) mass is 486 g/mol. The molecule has 8 rings (SSSR count). The van der Waals surface area contributed by atoms with Crippen LogP contribution in [-0.4, -0.2) is 19.1 Å². The molecular weight excluding hydrogens is 464 g/mol. The maximum Gasteiger partial charge on any atom is 0.0963 e. The van der Waals surface area contributed by atoms with Crippen molar-refractivity contribution in [3.8, 4) is 22.5 Å². The largest absolute Gasteiger partial charge is 0.309 e. The van der Waals surface area contributed by atoms with Gasteiger partial charge in [-0.05, 0) is 71.8 Å². The maximum atomic E-state index is 4.74. The fourth-order valence-electron chi connectivity index (χ4n) is 5.76. The molecular formula is C34H22N4. The van der Waals surface area contributed by atoms with Gasteiger partial charge in [0.2, 0.25) is 0 Å². The highest BCUT2D eigenvalue weighted by Gasteiger charge is 2.16. The molecule has 4 heteroatoms. The van der Waals surface area contributed by atoms with Crippen molar-refractivity contribution in [2.24, 2.45) is 0 Å². The van der Waals surface area contributed by atoms with E-state index in [-0.39, 0.29) is 0 Å². The summed E-state index contributed by atoms with van der Waals surface area (Å²) in [5.41, 5.74) is 10.2. The summed E-state index contributed by atoms with van der Waals surface area (Å²) in [6.45, 7) is 0. The smallest absolute Gasteiger partial charge is 0.0963 e. The summed E-state index contributed by atoms with van der Waals surface area (Å²) < 4.78 is 4.64. The lowest BCUT2D eigenvalue weighted by Gasteiger charge is -2.10. The summed E-state index contributed by atoms with van der Waals surface area (Å²) >= 11 is 0. The molecule has 0 amide bonds. The van der Waals surface area contributed by atoms with E-state index in [0.717, 1.165) is 44.2 Å². The van der Waals surface area contributed by atoms with Gasteiger partial charge in [0.05, 0.1) is 27.6 Å². The second kappa shape index (κ2) is 8.15. The SMILES string of the molecule is c1ccc(-n2c3ccncc3c3ccc(-c4ccc5c6ncccc6n(-c6ccccc6)c5c4)cc32)cc1. The molecule has 0 N–H and O–H groups in total. The van der Waals surface area contributed by atoms with Gasteiger partial charge in [0.15, 0.2) is 0 Å². The van der Waals surface area contributed by atoms with E-state index in [9.17, 15) is 0 Å². The van der Waals surface area contributed by atoms with Gasteiger partial charge in [-0.2, -0.15) is 0 Å². The molecule has 0 atom stereocenters. The minimum absolute atomic E-state index is 1.02. The number of pyridine rings is 2. The van der Waals surface area contributed by atoms with Crippen molar-refractivity contribution in [2.45, 2.75) is 0 Å². The van der Waals surface area contributed by atoms with E-state index < -0.39 is 0 Å². The lowest BCUT2D eigenvalue weighted by molar-refractivity contribution is 1.17. The number of hydrogen-bond donors (Lipinski definition) is 0. The molecule has 0 aliphatic carbocycles. The standard InChI is InChI=1S/C34H22N4/c1-3-8-25(9-4-1)37-30-17-19-35-22-29(30)27-15-13-23(20-32(27)37)24-14-16-28-33(21-24)38(26-10-5-2-6-11-26)31-12-7-18-36-34(28)31/h1-22H. The fourth-order valence-corrected chi connectivity index (χ4v) is 5.76. The summed E-state index contributed by atoms with van der Waals surface area (Å²) in [6, 6.07) is 40.8. The molecule has 0 fully saturated rings. The Morgan fingerprint density at radius 1 is 0.447 bits per heavy atom. The van der Waals surface area contributed by atoms with E-state index in [4.69, 9.17) is 4.98 Å². The van der Waals surface area contributed by atoms with Gasteiger partial charge in [0.25, 0.3) is 0 Å². The predicted octanol–water partition coefficient (Wildman–Crippen LogP) is 8.34. The number of aromatic nitrogens is 4. The first-order chi connectivity index (χ1) is 18.9. The van der Waals surface area contributed by atoms with E-state index in [1.54, 1.807) is 0 Å². The summed E-state index contributed by atoms with van der Waals surface area (Å²) in [4.78, 5) is 9.16. The van der Waals surface area contributed by atoms with Crippen LogP contribution in [0.5, 0.6) is 0 Å². The predicted molar refractivity (Wildman–Crippen MR) is 156 cm³/mol. The highest BCUT2D eigenvalue weighted by Crippen LogP contribution is 2.37. The van der Waals surface area contributed by atoms with Gasteiger partial charge >= 0.3 is 0 Å². The topological polar surface area (TPSA) is 35.6 Å². The van der Waals surface area contributed by atoms with Crippen LogP contribution in [0.1, 0.15) is 0 Å². The Kier molecular flexibility index (Phi) is 4.49. The van der Waals surface area contributed by atoms with Crippen molar-refractivity contribution in [3.63, 3.8) is 0 Å². The first-order valence-corrected chi connectivity index (χ1v) is 12.8. The molecule has 38 heavy (non-hydrogen) atoms. The van der Waals surface area contributed by atoms with Crippen LogP contribution in [0.4, 0.5) is 0 Å². The van der Waals surface area contributed by atoms with E-state index in [2.05, 4.69) is 123 Å². The molecule has 178 valence electrons. The Balaban J connectivity index is 1.40. The third-order valence-corrected chi connectivity index (χ3v) is 7.45. The van der Waals surface area contributed by atoms with E-state index in [1.165, 1.54) is 22.0 Å². The minimum atomic E-state index is 1.02. The number of benzene rings is 4. The fraction of sp³-hybridized carbons (Fsp3) is 0. The van der Waals surface area contributed by atoms with Crippen molar-refractivity contribution < 1.29 is 0 Å². The Hall–Kier alpha value is -5.22. The first-order valence-electron chi connectivity index (χ1n) is 12.8. The van der Waals surface area contributed by atoms with Crippen LogP contribution >= 0.6 is 0 Å². The number of nitrogens with zero attached hydrogens (tertiary/aromatic N) is 4. The van der Waals surface area contributed by atoms with Crippen LogP contribution in [0.15, 0.2) is 134 Å². The first kappa shape index (κ1) is 20.9. The molecule has 0 radical (unpaired) electrons. The zero-order chi connectivity index (χ0) is 25.1. The molecule has 4 heterocycles. The third-order valence-electron chi connectivity index (χ3n) is 7.45. The molecule has 0 unspecified atom stereocenters. The Morgan fingerprint density at radius 3 is 1.79 bits per heavy atom. The summed E-state index contributed by atoms with van der Waals surface area (Å²) in [6.07, 6.45) is 5.70. The number of rotatable bonds is 3. The summed E-state index contributed by atoms with van der Waals surface area (Å²) in [5.74, 6) is 0. The van der Waals surface area contributed by atoms with Gasteiger partial charge < -0.3 is 9.13 Å². The highest BCUT2D eigenvalue weighted by molar-refractivity contribution is 6.11. The Labute approximate surface area is 219 Å². The zero-order valence-corrected chi connectivity index (χ0v) is 20.5. The van der Waals surface area contributed by atoms with Gasteiger partial charge in [-0.15, -0.1) is 0 Å². The van der Waals surface area contributed by atoms with Crippen LogP contribution in [-0.2, 0) is 0 Å². The average Bonchev–Trinajstić information content (AvgIpc) is 3.50. The van der Waals surface area contributed by atoms with Crippen molar-refractivity contribution in [1.82, 2.24) is 19.1 Å². The zero-order valence-electron chi connectivity index (χ0n) is 20.5. The molecule has 4 nitrogen and oxygen atoms in total. The molecule has 4 aromatic carbocycles. The van der Waals surface area contributed by atoms with E-state index >= 15 is 0 Å². The van der Waals surface area contributed by atoms with E-state index in [1.807, 2.05) is 24.7 Å². The summed E-state index contributed by atoms with van der Waals surface area (Å²) in [5, 5.41) is 3.51. The molecule has 0 saturated heterocycles. The second-order valence-electron chi connectivity index (χ2n) is 9.57. The summed E-state index contributed by atoms with van der Waals surface area (Å²) in [7, 11) is 0. The molecule has 0 saturated carbocycles. The number of para-hydroxylation sites is 2. The van der Waals surface area contributed by atoms with Crippen LogP contribution < -0.4 is 0 Å². The van der Waals surface area contributed by atoms with Crippen molar-refractivity contribution >= 4 is 43.7 Å². The van der Waals surface area contributed by atoms with Crippen LogP contribution in [0.25, 0.3) is 66.2 Å². The molecule has 0 bridgehead atoms. The maximum absolute atomic E-state index is 4.74. The van der Waals surface area contributed by atoms with Crippen LogP contribution in [0, 0.1) is 0 Å². The Morgan fingerprint density at radius 2 is 1.08 bits per heavy atom. The van der Waals surface area contributed by atoms with Crippen molar-refractivity contribution in [2.75, 3.05) is 0 Å². The molecule has 0 aliphatic rings. The van der Waals surface area contributed by atoms with Crippen molar-refractivity contribution in [1.29, 1.82) is 0 Å². The minimum Gasteiger partial charge on any atom is -0.309 e. The van der Waals surface area contributed by atoms with Crippen LogP contribution in [0.3, 0.4) is 0 Å². The van der Waals surface area contributed by atoms with E-state index in [0.29, 0.717) is 0 Å². The van der Waals surface area contributed by atoms with Gasteiger partial charge in [0, 0.05) is 46.1 Å². The lowest BCUT2D eigenvalue weighted by Crippen LogP contribution is -1.94. The molecule has 0 aliphatic heterocycles. The molecule has 4 aromatic heterocycles. The second-order valence-corrected chi connectivity index (χ2v) is 9.57.